The van der Waals surface area contributed by atoms with Crippen molar-refractivity contribution in [1.82, 2.24) is 0 Å². The summed E-state index contributed by atoms with van der Waals surface area (Å²) in [4.78, 5) is 14.9. The third kappa shape index (κ3) is 1.54. The van der Waals surface area contributed by atoms with E-state index in [9.17, 15) is 13.2 Å². The van der Waals surface area contributed by atoms with Gasteiger partial charge < -0.3 is 9.07 Å². The van der Waals surface area contributed by atoms with Crippen LogP contribution in [0.2, 0.25) is 0 Å². The molecule has 8 heteroatoms. The fourth-order valence-electron chi connectivity index (χ4n) is 1.16. The Bertz CT molecular complexity index is 518. The summed E-state index contributed by atoms with van der Waals surface area (Å²) in [6, 6.07) is 3.44. The van der Waals surface area contributed by atoms with Gasteiger partial charge in [-0.3, -0.25) is 0 Å². The zero-order chi connectivity index (χ0) is 11.1. The van der Waals surface area contributed by atoms with E-state index < -0.39 is 16.1 Å². The highest BCUT2D eigenvalue weighted by Gasteiger charge is 2.35. The Morgan fingerprint density at radius 3 is 2.73 bits per heavy atom. The normalized spacial score (nSPS) is 17.0. The van der Waals surface area contributed by atoms with Crippen LogP contribution in [0.5, 0.6) is 5.75 Å². The third-order valence-corrected chi connectivity index (χ3v) is 3.01. The maximum absolute atomic E-state index is 11.2. The fourth-order valence-corrected chi connectivity index (χ4v) is 2.22. The highest BCUT2D eigenvalue weighted by molar-refractivity contribution is 7.87. The minimum atomic E-state index is -4.06. The minimum Gasteiger partial charge on any atom is -0.338 e. The zero-order valence-corrected chi connectivity index (χ0v) is 7.85. The molecule has 0 aliphatic carbocycles. The first-order valence-electron chi connectivity index (χ1n) is 3.65. The average Bonchev–Trinajstić information content (AvgIpc) is 2.38. The first kappa shape index (κ1) is 9.90. The molecular formula is C7H4O7S. The summed E-state index contributed by atoms with van der Waals surface area (Å²) in [7, 11) is -4.06. The van der Waals surface area contributed by atoms with Crippen molar-refractivity contribution >= 4 is 16.1 Å². The van der Waals surface area contributed by atoms with Gasteiger partial charge in [-0.25, -0.2) is 10.1 Å². The molecule has 0 spiro atoms. The smallest absolute Gasteiger partial charge is 0.338 e. The minimum absolute atomic E-state index is 0.0712. The molecule has 1 aromatic carbocycles. The van der Waals surface area contributed by atoms with Crippen LogP contribution in [0.1, 0.15) is 10.4 Å². The summed E-state index contributed by atoms with van der Waals surface area (Å²) in [6.07, 6.45) is 0. The van der Waals surface area contributed by atoms with E-state index in [4.69, 9.17) is 5.26 Å². The Kier molecular flexibility index (Phi) is 2.11. The molecule has 7 nitrogen and oxygen atoms in total. The van der Waals surface area contributed by atoms with Gasteiger partial charge in [-0.1, -0.05) is 0 Å². The number of hydrogen-bond donors (Lipinski definition) is 1. The lowest BCUT2D eigenvalue weighted by molar-refractivity contribution is -0.438. The van der Waals surface area contributed by atoms with E-state index in [0.717, 1.165) is 6.07 Å². The summed E-state index contributed by atoms with van der Waals surface area (Å²) < 4.78 is 26.6. The molecule has 0 atom stereocenters. The lowest BCUT2D eigenvalue weighted by atomic mass is 10.2. The maximum atomic E-state index is 11.2. The van der Waals surface area contributed by atoms with Gasteiger partial charge in [-0.15, -0.1) is 0 Å². The van der Waals surface area contributed by atoms with Crippen molar-refractivity contribution in [3.8, 4) is 5.75 Å². The van der Waals surface area contributed by atoms with Crippen molar-refractivity contribution in [1.29, 1.82) is 0 Å². The Morgan fingerprint density at radius 2 is 2.07 bits per heavy atom. The van der Waals surface area contributed by atoms with Crippen LogP contribution in [0.3, 0.4) is 0 Å². The quantitative estimate of drug-likeness (QED) is 0.445. The van der Waals surface area contributed by atoms with Gasteiger partial charge in [0.25, 0.3) is 0 Å². The molecule has 1 aliphatic heterocycles. The number of rotatable bonds is 2. The molecule has 2 rings (SSSR count). The van der Waals surface area contributed by atoms with Crippen LogP contribution in [0.4, 0.5) is 0 Å². The predicted molar refractivity (Wildman–Crippen MR) is 43.4 cm³/mol. The van der Waals surface area contributed by atoms with Gasteiger partial charge in [0.15, 0.2) is 5.75 Å². The van der Waals surface area contributed by atoms with E-state index in [1.165, 1.54) is 12.1 Å². The lowest BCUT2D eigenvalue weighted by Gasteiger charge is -1.98. The largest absolute Gasteiger partial charge is 0.355 e. The van der Waals surface area contributed by atoms with Gasteiger partial charge in [-0.05, 0) is 17.2 Å². The van der Waals surface area contributed by atoms with Crippen LogP contribution >= 0.6 is 0 Å². The molecule has 0 fully saturated rings. The summed E-state index contributed by atoms with van der Waals surface area (Å²) in [5.74, 6) is -1.01. The van der Waals surface area contributed by atoms with Crippen molar-refractivity contribution in [2.75, 3.05) is 0 Å². The second-order valence-electron chi connectivity index (χ2n) is 2.64. The van der Waals surface area contributed by atoms with E-state index in [1.807, 2.05) is 0 Å². The first-order chi connectivity index (χ1) is 7.04. The van der Waals surface area contributed by atoms with Crippen LogP contribution in [0.15, 0.2) is 23.1 Å². The molecule has 0 bridgehead atoms. The van der Waals surface area contributed by atoms with Crippen LogP contribution in [0.25, 0.3) is 0 Å². The number of carbonyl (C=O) groups is 1. The van der Waals surface area contributed by atoms with Crippen molar-refractivity contribution < 1.29 is 32.6 Å². The molecule has 1 aliphatic rings. The Labute approximate surface area is 83.8 Å². The van der Waals surface area contributed by atoms with Crippen LogP contribution in [0, 0.1) is 0 Å². The van der Waals surface area contributed by atoms with Crippen molar-refractivity contribution in [3.63, 3.8) is 0 Å². The highest BCUT2D eigenvalue weighted by atomic mass is 32.2. The second-order valence-corrected chi connectivity index (χ2v) is 4.16. The Balaban J connectivity index is 2.57. The van der Waals surface area contributed by atoms with E-state index in [0.29, 0.717) is 0 Å². The fraction of sp³-hybridized carbons (Fsp3) is 0. The molecule has 1 N–H and O–H groups in total. The molecule has 0 saturated heterocycles. The number of carbonyl (C=O) groups excluding carboxylic acids is 1. The van der Waals surface area contributed by atoms with Gasteiger partial charge in [0.1, 0.15) is 4.90 Å². The standard InChI is InChI=1S/C7H4O7S/c8-7-5-2-1-4(12-14-9)3-6(5)15(10,11)13-7/h1-3,9H. The summed E-state index contributed by atoms with van der Waals surface area (Å²) in [5, 5.41) is 11.3. The monoisotopic (exact) mass is 232 g/mol. The topological polar surface area (TPSA) is 99.1 Å². The summed E-state index contributed by atoms with van der Waals surface area (Å²) in [5.41, 5.74) is -0.0831. The van der Waals surface area contributed by atoms with Crippen molar-refractivity contribution in [3.05, 3.63) is 23.8 Å². The predicted octanol–water partition coefficient (Wildman–Crippen LogP) is 0.329. The average molecular weight is 232 g/mol. The van der Waals surface area contributed by atoms with Gasteiger partial charge >= 0.3 is 16.1 Å². The molecular weight excluding hydrogens is 228 g/mol. The molecule has 0 saturated carbocycles. The second kappa shape index (κ2) is 3.19. The molecule has 1 heterocycles. The summed E-state index contributed by atoms with van der Waals surface area (Å²) >= 11 is 0. The third-order valence-electron chi connectivity index (χ3n) is 1.76. The Hall–Kier alpha value is -1.64. The first-order valence-corrected chi connectivity index (χ1v) is 5.06. The van der Waals surface area contributed by atoms with Crippen LogP contribution < -0.4 is 4.89 Å². The van der Waals surface area contributed by atoms with E-state index in [2.05, 4.69) is 14.1 Å². The molecule has 15 heavy (non-hydrogen) atoms. The molecule has 80 valence electrons. The van der Waals surface area contributed by atoms with Gasteiger partial charge in [0.2, 0.25) is 0 Å². The number of hydrogen-bond acceptors (Lipinski definition) is 7. The SMILES string of the molecule is O=C1OS(=O)(=O)c2cc(OOO)ccc21. The zero-order valence-electron chi connectivity index (χ0n) is 7.04. The molecule has 0 amide bonds. The van der Waals surface area contributed by atoms with Gasteiger partial charge in [-0.2, -0.15) is 8.42 Å². The molecule has 0 aromatic heterocycles. The van der Waals surface area contributed by atoms with Gasteiger partial charge in [0.05, 0.1) is 5.56 Å². The number of fused-ring (bicyclic) bond motifs is 1. The maximum Gasteiger partial charge on any atom is 0.355 e. The van der Waals surface area contributed by atoms with Crippen molar-refractivity contribution in [2.24, 2.45) is 0 Å². The molecule has 0 radical (unpaired) electrons. The summed E-state index contributed by atoms with van der Waals surface area (Å²) in [6.45, 7) is 0. The Morgan fingerprint density at radius 1 is 1.33 bits per heavy atom. The van der Waals surface area contributed by atoms with Crippen molar-refractivity contribution in [2.45, 2.75) is 4.90 Å². The molecule has 0 unspecified atom stereocenters. The van der Waals surface area contributed by atoms with Crippen LogP contribution in [-0.4, -0.2) is 19.6 Å². The van der Waals surface area contributed by atoms with E-state index in [-0.39, 0.29) is 16.2 Å². The number of benzene rings is 1. The van der Waals surface area contributed by atoms with Gasteiger partial charge in [0, 0.05) is 6.07 Å². The van der Waals surface area contributed by atoms with Crippen LogP contribution in [-0.2, 0) is 19.3 Å². The van der Waals surface area contributed by atoms with E-state index in [1.54, 1.807) is 0 Å². The highest BCUT2D eigenvalue weighted by Crippen LogP contribution is 2.30. The lowest BCUT2D eigenvalue weighted by Crippen LogP contribution is -1.99. The van der Waals surface area contributed by atoms with E-state index >= 15 is 0 Å². The molecule has 1 aromatic rings.